The number of rotatable bonds is 2. The molecular weight excluding hydrogens is 246 g/mol. The molecule has 0 spiro atoms. The minimum Gasteiger partial charge on any atom is -0.460 e. The first-order chi connectivity index (χ1) is 6.84. The van der Waals surface area contributed by atoms with E-state index in [9.17, 15) is 31.1 Å². The van der Waals surface area contributed by atoms with Gasteiger partial charge in [-0.05, 0) is 13.8 Å². The van der Waals surface area contributed by atoms with Crippen molar-refractivity contribution in [2.75, 3.05) is 0 Å². The smallest absolute Gasteiger partial charge is 0.437 e. The molecule has 0 radical (unpaired) electrons. The number of carbonyl (C=O) groups excluding carboxylic acids is 1. The minimum absolute atomic E-state index is 1.05. The van der Waals surface area contributed by atoms with Gasteiger partial charge in [-0.3, -0.25) is 0 Å². The number of ether oxygens (including phenoxy) is 1. The van der Waals surface area contributed by atoms with Crippen LogP contribution in [0, 0.1) is 0 Å². The molecule has 0 saturated heterocycles. The molecule has 0 fully saturated rings. The Morgan fingerprint density at radius 2 is 1.38 bits per heavy atom. The monoisotopic (exact) mass is 254 g/mol. The summed E-state index contributed by atoms with van der Waals surface area (Å²) >= 11 is 0. The van der Waals surface area contributed by atoms with Crippen molar-refractivity contribution in [3.8, 4) is 0 Å². The second-order valence-electron chi connectivity index (χ2n) is 3.16. The van der Waals surface area contributed by atoms with Gasteiger partial charge in [-0.2, -0.15) is 26.3 Å². The van der Waals surface area contributed by atoms with Gasteiger partial charge in [0, 0.05) is 0 Å². The number of halogens is 6. The summed E-state index contributed by atoms with van der Waals surface area (Å²) in [4.78, 5) is 10.7. The first-order valence-corrected chi connectivity index (χ1v) is 3.91. The molecule has 0 unspecified atom stereocenters. The Labute approximate surface area is 86.0 Å². The lowest BCUT2D eigenvalue weighted by atomic mass is 10.0. The highest BCUT2D eigenvalue weighted by molar-refractivity contribution is 5.81. The quantitative estimate of drug-likeness (QED) is 0.603. The molecule has 0 aliphatic carbocycles. The van der Waals surface area contributed by atoms with E-state index in [0.29, 0.717) is 0 Å². The van der Waals surface area contributed by atoms with Crippen molar-refractivity contribution >= 4 is 5.97 Å². The Morgan fingerprint density at radius 3 is 1.56 bits per heavy atom. The molecule has 0 aromatic rings. The Balaban J connectivity index is 5.36. The van der Waals surface area contributed by atoms with Crippen molar-refractivity contribution in [2.45, 2.75) is 37.9 Å². The summed E-state index contributed by atoms with van der Waals surface area (Å²) in [5.74, 6) is -2.79. The molecule has 0 saturated carbocycles. The van der Waals surface area contributed by atoms with Crippen LogP contribution >= 0.6 is 0 Å². The molecule has 1 N–H and O–H groups in total. The van der Waals surface area contributed by atoms with E-state index in [4.69, 9.17) is 5.11 Å². The molecule has 0 bridgehead atoms. The predicted octanol–water partition coefficient (Wildman–Crippen LogP) is 1.79. The highest BCUT2D eigenvalue weighted by Crippen LogP contribution is 2.43. The van der Waals surface area contributed by atoms with Crippen molar-refractivity contribution < 1.29 is 41.0 Å². The zero-order valence-corrected chi connectivity index (χ0v) is 8.11. The van der Waals surface area contributed by atoms with Crippen LogP contribution in [0.2, 0.25) is 0 Å². The Kier molecular flexibility index (Phi) is 3.86. The molecule has 9 heteroatoms. The predicted molar refractivity (Wildman–Crippen MR) is 38.3 cm³/mol. The molecule has 0 aromatic heterocycles. The van der Waals surface area contributed by atoms with E-state index in [1.807, 2.05) is 0 Å². The maximum absolute atomic E-state index is 12.0. The molecule has 0 aromatic carbocycles. The fourth-order valence-corrected chi connectivity index (χ4v) is 0.692. The number of hydrogen-bond acceptors (Lipinski definition) is 3. The highest BCUT2D eigenvalue weighted by atomic mass is 19.4. The summed E-state index contributed by atoms with van der Waals surface area (Å²) in [6, 6.07) is 0. The largest absolute Gasteiger partial charge is 0.460 e. The maximum Gasteiger partial charge on any atom is 0.437 e. The molecule has 16 heavy (non-hydrogen) atoms. The fraction of sp³-hybridized carbons (Fsp3) is 0.857. The molecule has 0 aliphatic rings. The molecular formula is C7H8F6O3. The zero-order valence-electron chi connectivity index (χ0n) is 8.11. The summed E-state index contributed by atoms with van der Waals surface area (Å²) < 4.78 is 75.9. The van der Waals surface area contributed by atoms with Gasteiger partial charge in [-0.15, -0.1) is 0 Å². The van der Waals surface area contributed by atoms with E-state index in [2.05, 4.69) is 4.74 Å². The molecule has 0 amide bonds. The minimum atomic E-state index is -6.20. The first-order valence-electron chi connectivity index (χ1n) is 3.91. The van der Waals surface area contributed by atoms with Gasteiger partial charge in [-0.25, -0.2) is 4.79 Å². The van der Waals surface area contributed by atoms with Gasteiger partial charge < -0.3 is 9.84 Å². The summed E-state index contributed by atoms with van der Waals surface area (Å²) in [7, 11) is 0. The molecule has 3 nitrogen and oxygen atoms in total. The van der Waals surface area contributed by atoms with Crippen LogP contribution in [-0.4, -0.2) is 35.1 Å². The second-order valence-corrected chi connectivity index (χ2v) is 3.16. The third-order valence-electron chi connectivity index (χ3n) is 1.46. The normalized spacial score (nSPS) is 14.1. The van der Waals surface area contributed by atoms with Crippen LogP contribution in [0.5, 0.6) is 0 Å². The van der Waals surface area contributed by atoms with E-state index in [0.717, 1.165) is 13.8 Å². The summed E-state index contributed by atoms with van der Waals surface area (Å²) in [5.41, 5.74) is -5.50. The Hall–Kier alpha value is -0.990. The van der Waals surface area contributed by atoms with Gasteiger partial charge >= 0.3 is 23.9 Å². The lowest BCUT2D eigenvalue weighted by molar-refractivity contribution is -0.357. The number of aliphatic hydroxyl groups is 1. The van der Waals surface area contributed by atoms with Gasteiger partial charge in [-0.1, -0.05) is 0 Å². The van der Waals surface area contributed by atoms with Crippen molar-refractivity contribution in [1.82, 2.24) is 0 Å². The van der Waals surface area contributed by atoms with Crippen LogP contribution in [0.25, 0.3) is 0 Å². The fourth-order valence-electron chi connectivity index (χ4n) is 0.692. The Bertz CT molecular complexity index is 252. The third kappa shape index (κ3) is 2.57. The van der Waals surface area contributed by atoms with E-state index in [1.54, 1.807) is 0 Å². The molecule has 96 valence electrons. The van der Waals surface area contributed by atoms with E-state index in [-0.39, 0.29) is 0 Å². The van der Waals surface area contributed by atoms with Crippen molar-refractivity contribution in [3.05, 3.63) is 0 Å². The second kappa shape index (κ2) is 4.11. The van der Waals surface area contributed by atoms with Crippen LogP contribution in [-0.2, 0) is 9.53 Å². The van der Waals surface area contributed by atoms with Crippen LogP contribution in [0.3, 0.4) is 0 Å². The van der Waals surface area contributed by atoms with Gasteiger partial charge in [0.25, 0.3) is 0 Å². The van der Waals surface area contributed by atoms with Gasteiger partial charge in [0.15, 0.2) is 0 Å². The van der Waals surface area contributed by atoms with Gasteiger partial charge in [0.1, 0.15) is 0 Å². The zero-order chi connectivity index (χ0) is 13.4. The summed E-state index contributed by atoms with van der Waals surface area (Å²) in [6.45, 7) is 2.09. The van der Waals surface area contributed by atoms with Crippen LogP contribution < -0.4 is 0 Å². The number of carbonyl (C=O) groups is 1. The van der Waals surface area contributed by atoms with Crippen molar-refractivity contribution in [2.24, 2.45) is 0 Å². The van der Waals surface area contributed by atoms with Crippen LogP contribution in [0.15, 0.2) is 0 Å². The number of esters is 1. The lowest BCUT2D eigenvalue weighted by Gasteiger charge is -2.30. The molecule has 0 aliphatic heterocycles. The third-order valence-corrected chi connectivity index (χ3v) is 1.46. The average Bonchev–Trinajstić information content (AvgIpc) is 1.96. The van der Waals surface area contributed by atoms with Crippen molar-refractivity contribution in [3.63, 3.8) is 0 Å². The summed E-state index contributed by atoms with van der Waals surface area (Å²) in [5, 5.41) is 8.48. The van der Waals surface area contributed by atoms with Gasteiger partial charge in [0.05, 0.1) is 6.10 Å². The topological polar surface area (TPSA) is 46.5 Å². The van der Waals surface area contributed by atoms with Crippen LogP contribution in [0.1, 0.15) is 13.8 Å². The standard InChI is InChI=1S/C7H8F6O3/c1-3(2)16-4(14)5(15,6(8,9)10)7(11,12)13/h3,15H,1-2H3. The number of alkyl halides is 6. The maximum atomic E-state index is 12.0. The highest BCUT2D eigenvalue weighted by Gasteiger charge is 2.76. The molecule has 0 atom stereocenters. The summed E-state index contributed by atoms with van der Waals surface area (Å²) in [6.07, 6.45) is -13.6. The number of hydrogen-bond donors (Lipinski definition) is 1. The molecule has 0 heterocycles. The average molecular weight is 254 g/mol. The Morgan fingerprint density at radius 1 is 1.06 bits per heavy atom. The molecule has 0 rings (SSSR count). The SMILES string of the molecule is CC(C)OC(=O)C(O)(C(F)(F)F)C(F)(F)F. The van der Waals surface area contributed by atoms with E-state index < -0.39 is 30.0 Å². The van der Waals surface area contributed by atoms with E-state index in [1.165, 1.54) is 0 Å². The van der Waals surface area contributed by atoms with Crippen molar-refractivity contribution in [1.29, 1.82) is 0 Å². The lowest BCUT2D eigenvalue weighted by Crippen LogP contribution is -2.63. The van der Waals surface area contributed by atoms with E-state index >= 15 is 0 Å². The van der Waals surface area contributed by atoms with Crippen LogP contribution in [0.4, 0.5) is 26.3 Å². The van der Waals surface area contributed by atoms with Gasteiger partial charge in [0.2, 0.25) is 0 Å². The first kappa shape index (κ1) is 15.0.